The molecule has 4 heteroatoms. The maximum atomic E-state index is 13.1. The molecule has 0 radical (unpaired) electrons. The highest BCUT2D eigenvalue weighted by Crippen LogP contribution is 2.36. The number of amides is 1. The number of anilines is 1. The zero-order valence-electron chi connectivity index (χ0n) is 13.1. The van der Waals surface area contributed by atoms with Crippen molar-refractivity contribution in [3.05, 3.63) is 64.7 Å². The van der Waals surface area contributed by atoms with Crippen LogP contribution < -0.4 is 5.32 Å². The van der Waals surface area contributed by atoms with Crippen molar-refractivity contribution in [2.75, 3.05) is 18.5 Å². The Morgan fingerprint density at radius 3 is 2.52 bits per heavy atom. The van der Waals surface area contributed by atoms with E-state index >= 15 is 0 Å². The Hall–Kier alpha value is -1.84. The predicted octanol–water partition coefficient (Wildman–Crippen LogP) is 4.34. The van der Waals surface area contributed by atoms with Crippen LogP contribution in [-0.4, -0.2) is 19.1 Å². The van der Waals surface area contributed by atoms with E-state index in [1.54, 1.807) is 6.07 Å². The van der Waals surface area contributed by atoms with Gasteiger partial charge in [-0.3, -0.25) is 4.79 Å². The van der Waals surface area contributed by atoms with E-state index in [-0.39, 0.29) is 5.91 Å². The van der Waals surface area contributed by atoms with Gasteiger partial charge in [0.2, 0.25) is 5.91 Å². The van der Waals surface area contributed by atoms with E-state index in [0.29, 0.717) is 31.1 Å². The first kappa shape index (κ1) is 16.0. The number of carbonyl (C=O) groups is 1. The van der Waals surface area contributed by atoms with E-state index in [2.05, 4.69) is 5.32 Å². The fraction of sp³-hybridized carbons (Fsp3) is 0.316. The lowest BCUT2D eigenvalue weighted by atomic mass is 9.73. The van der Waals surface area contributed by atoms with Crippen LogP contribution in [0.1, 0.15) is 24.0 Å². The minimum absolute atomic E-state index is 0.0115. The second-order valence-corrected chi connectivity index (χ2v) is 6.41. The number of hydrogen-bond acceptors (Lipinski definition) is 2. The number of halogens is 1. The molecule has 1 aliphatic rings. The van der Waals surface area contributed by atoms with Gasteiger partial charge in [0.1, 0.15) is 0 Å². The molecule has 3 rings (SSSR count). The third-order valence-electron chi connectivity index (χ3n) is 4.56. The predicted molar refractivity (Wildman–Crippen MR) is 93.0 cm³/mol. The maximum absolute atomic E-state index is 13.1. The van der Waals surface area contributed by atoms with Crippen LogP contribution in [0, 0.1) is 6.92 Å². The summed E-state index contributed by atoms with van der Waals surface area (Å²) in [7, 11) is 0. The topological polar surface area (TPSA) is 38.3 Å². The quantitative estimate of drug-likeness (QED) is 0.910. The zero-order chi connectivity index (χ0) is 16.3. The van der Waals surface area contributed by atoms with Gasteiger partial charge in [-0.1, -0.05) is 48.0 Å². The lowest BCUT2D eigenvalue weighted by Crippen LogP contribution is -2.44. The molecule has 1 heterocycles. The van der Waals surface area contributed by atoms with Crippen LogP contribution in [0.4, 0.5) is 5.69 Å². The van der Waals surface area contributed by atoms with Crippen molar-refractivity contribution in [2.24, 2.45) is 0 Å². The third kappa shape index (κ3) is 3.26. The molecule has 0 atom stereocenters. The zero-order valence-corrected chi connectivity index (χ0v) is 13.9. The molecule has 3 nitrogen and oxygen atoms in total. The van der Waals surface area contributed by atoms with E-state index in [1.165, 1.54) is 0 Å². The first-order valence-corrected chi connectivity index (χ1v) is 8.20. The largest absolute Gasteiger partial charge is 0.381 e. The fourth-order valence-corrected chi connectivity index (χ4v) is 3.27. The Labute approximate surface area is 141 Å². The molecule has 1 N–H and O–H groups in total. The molecule has 1 saturated heterocycles. The standard InChI is InChI=1S/C19H20ClNO2/c1-14-7-8-16(20)13-17(14)21-18(22)19(9-11-23-12-10-19)15-5-3-2-4-6-15/h2-8,13H,9-12H2,1H3,(H,21,22). The highest BCUT2D eigenvalue weighted by molar-refractivity contribution is 6.31. The van der Waals surface area contributed by atoms with Crippen molar-refractivity contribution < 1.29 is 9.53 Å². The first-order chi connectivity index (χ1) is 11.1. The van der Waals surface area contributed by atoms with Gasteiger partial charge in [-0.2, -0.15) is 0 Å². The molecule has 2 aromatic rings. The van der Waals surface area contributed by atoms with Gasteiger partial charge in [0, 0.05) is 23.9 Å². The van der Waals surface area contributed by atoms with Crippen LogP contribution in [0.15, 0.2) is 48.5 Å². The SMILES string of the molecule is Cc1ccc(Cl)cc1NC(=O)C1(c2ccccc2)CCOCC1. The number of carbonyl (C=O) groups excluding carboxylic acids is 1. The Bertz CT molecular complexity index is 694. The van der Waals surface area contributed by atoms with Crippen LogP contribution in [0.3, 0.4) is 0 Å². The summed E-state index contributed by atoms with van der Waals surface area (Å²) >= 11 is 6.07. The van der Waals surface area contributed by atoms with Crippen LogP contribution in [0.2, 0.25) is 5.02 Å². The van der Waals surface area contributed by atoms with Crippen LogP contribution in [0.25, 0.3) is 0 Å². The molecular formula is C19H20ClNO2. The molecule has 0 aromatic heterocycles. The Kier molecular flexibility index (Phi) is 4.69. The van der Waals surface area contributed by atoms with Crippen molar-refractivity contribution >= 4 is 23.2 Å². The Balaban J connectivity index is 1.94. The van der Waals surface area contributed by atoms with Crippen molar-refractivity contribution in [3.8, 4) is 0 Å². The minimum atomic E-state index is -0.547. The van der Waals surface area contributed by atoms with Crippen molar-refractivity contribution in [1.29, 1.82) is 0 Å². The van der Waals surface area contributed by atoms with E-state index in [0.717, 1.165) is 16.8 Å². The normalized spacial score (nSPS) is 16.8. The number of benzene rings is 2. The van der Waals surface area contributed by atoms with Gasteiger partial charge in [-0.05, 0) is 43.0 Å². The number of nitrogens with one attached hydrogen (secondary N) is 1. The van der Waals surface area contributed by atoms with E-state index in [1.807, 2.05) is 49.4 Å². The van der Waals surface area contributed by atoms with E-state index < -0.39 is 5.41 Å². The first-order valence-electron chi connectivity index (χ1n) is 7.83. The summed E-state index contributed by atoms with van der Waals surface area (Å²) in [4.78, 5) is 13.1. The van der Waals surface area contributed by atoms with Crippen molar-refractivity contribution in [1.82, 2.24) is 0 Å². The summed E-state index contributed by atoms with van der Waals surface area (Å²) in [6, 6.07) is 15.5. The van der Waals surface area contributed by atoms with Gasteiger partial charge < -0.3 is 10.1 Å². The second kappa shape index (κ2) is 6.73. The lowest BCUT2D eigenvalue weighted by Gasteiger charge is -2.36. The molecule has 23 heavy (non-hydrogen) atoms. The summed E-state index contributed by atoms with van der Waals surface area (Å²) in [5.74, 6) is 0.0115. The number of hydrogen-bond donors (Lipinski definition) is 1. The number of rotatable bonds is 3. The highest BCUT2D eigenvalue weighted by Gasteiger charge is 2.41. The maximum Gasteiger partial charge on any atom is 0.235 e. The molecule has 0 spiro atoms. The van der Waals surface area contributed by atoms with Gasteiger partial charge in [-0.25, -0.2) is 0 Å². The van der Waals surface area contributed by atoms with Gasteiger partial charge in [0.25, 0.3) is 0 Å². The molecule has 1 amide bonds. The summed E-state index contributed by atoms with van der Waals surface area (Å²) < 4.78 is 5.49. The van der Waals surface area contributed by atoms with Gasteiger partial charge in [-0.15, -0.1) is 0 Å². The summed E-state index contributed by atoms with van der Waals surface area (Å²) in [5, 5.41) is 3.70. The lowest BCUT2D eigenvalue weighted by molar-refractivity contribution is -0.125. The van der Waals surface area contributed by atoms with Gasteiger partial charge in [0.05, 0.1) is 5.41 Å². The van der Waals surface area contributed by atoms with Crippen LogP contribution >= 0.6 is 11.6 Å². The molecule has 0 saturated carbocycles. The van der Waals surface area contributed by atoms with Gasteiger partial charge >= 0.3 is 0 Å². The Morgan fingerprint density at radius 2 is 1.83 bits per heavy atom. The highest BCUT2D eigenvalue weighted by atomic mass is 35.5. The smallest absolute Gasteiger partial charge is 0.235 e. The molecular weight excluding hydrogens is 310 g/mol. The average Bonchev–Trinajstić information content (AvgIpc) is 2.59. The number of aryl methyl sites for hydroxylation is 1. The van der Waals surface area contributed by atoms with Crippen molar-refractivity contribution in [2.45, 2.75) is 25.2 Å². The third-order valence-corrected chi connectivity index (χ3v) is 4.79. The van der Waals surface area contributed by atoms with Crippen molar-refractivity contribution in [3.63, 3.8) is 0 Å². The molecule has 1 fully saturated rings. The van der Waals surface area contributed by atoms with Crippen LogP contribution in [0.5, 0.6) is 0 Å². The minimum Gasteiger partial charge on any atom is -0.381 e. The monoisotopic (exact) mass is 329 g/mol. The average molecular weight is 330 g/mol. The number of ether oxygens (including phenoxy) is 1. The van der Waals surface area contributed by atoms with Gasteiger partial charge in [0.15, 0.2) is 0 Å². The molecule has 1 aliphatic heterocycles. The second-order valence-electron chi connectivity index (χ2n) is 5.97. The molecule has 0 aliphatic carbocycles. The van der Waals surface area contributed by atoms with Crippen LogP contribution in [-0.2, 0) is 14.9 Å². The summed E-state index contributed by atoms with van der Waals surface area (Å²) in [6.07, 6.45) is 1.37. The molecule has 2 aromatic carbocycles. The summed E-state index contributed by atoms with van der Waals surface area (Å²) in [6.45, 7) is 3.15. The summed E-state index contributed by atoms with van der Waals surface area (Å²) in [5.41, 5.74) is 2.26. The fourth-order valence-electron chi connectivity index (χ4n) is 3.09. The molecule has 120 valence electrons. The van der Waals surface area contributed by atoms with E-state index in [4.69, 9.17) is 16.3 Å². The molecule has 0 unspecified atom stereocenters. The van der Waals surface area contributed by atoms with E-state index in [9.17, 15) is 4.79 Å². The molecule has 0 bridgehead atoms. The Morgan fingerprint density at radius 1 is 1.13 bits per heavy atom.